The van der Waals surface area contributed by atoms with Crippen molar-refractivity contribution in [2.75, 3.05) is 5.73 Å². The highest BCUT2D eigenvalue weighted by molar-refractivity contribution is 6.36. The first-order valence-electron chi connectivity index (χ1n) is 3.66. The number of carboxylic acid groups (broad SMARTS) is 1. The van der Waals surface area contributed by atoms with Gasteiger partial charge in [0.1, 0.15) is 6.04 Å². The molecule has 1 atom stereocenters. The minimum atomic E-state index is -1.22. The molecule has 14 heavy (non-hydrogen) atoms. The zero-order valence-corrected chi connectivity index (χ0v) is 8.51. The van der Waals surface area contributed by atoms with Gasteiger partial charge >= 0.3 is 5.97 Å². The predicted molar refractivity (Wildman–Crippen MR) is 55.4 cm³/mol. The second-order valence-corrected chi connectivity index (χ2v) is 3.55. The van der Waals surface area contributed by atoms with Gasteiger partial charge in [-0.25, -0.2) is 0 Å². The summed E-state index contributed by atoms with van der Waals surface area (Å²) in [6, 6.07) is 1.60. The standard InChI is InChI=1S/C8H8Cl2N2O2/c9-3-1-4(7(12)8(13)14)6(11)5(10)2-3/h1-2,7H,11-12H2,(H,13,14)/t7-/m1/s1. The monoisotopic (exact) mass is 234 g/mol. The highest BCUT2D eigenvalue weighted by atomic mass is 35.5. The number of rotatable bonds is 2. The first-order chi connectivity index (χ1) is 6.43. The number of hydrogen-bond acceptors (Lipinski definition) is 3. The van der Waals surface area contributed by atoms with E-state index in [1.165, 1.54) is 12.1 Å². The summed E-state index contributed by atoms with van der Waals surface area (Å²) in [7, 11) is 0. The lowest BCUT2D eigenvalue weighted by molar-refractivity contribution is -0.138. The molecule has 0 fully saturated rings. The molecule has 1 rings (SSSR count). The Morgan fingerprint density at radius 1 is 1.43 bits per heavy atom. The van der Waals surface area contributed by atoms with E-state index in [9.17, 15) is 4.79 Å². The normalized spacial score (nSPS) is 12.5. The smallest absolute Gasteiger partial charge is 0.325 e. The van der Waals surface area contributed by atoms with Crippen molar-refractivity contribution in [2.24, 2.45) is 5.73 Å². The maximum Gasteiger partial charge on any atom is 0.325 e. The third-order valence-electron chi connectivity index (χ3n) is 1.73. The van der Waals surface area contributed by atoms with Crippen molar-refractivity contribution in [1.29, 1.82) is 0 Å². The van der Waals surface area contributed by atoms with Gasteiger partial charge in [0.15, 0.2) is 0 Å². The second-order valence-electron chi connectivity index (χ2n) is 2.71. The van der Waals surface area contributed by atoms with Gasteiger partial charge in [-0.1, -0.05) is 23.2 Å². The van der Waals surface area contributed by atoms with Crippen molar-refractivity contribution in [3.63, 3.8) is 0 Å². The number of halogens is 2. The minimum Gasteiger partial charge on any atom is -0.480 e. The Labute approximate surface area is 90.4 Å². The third-order valence-corrected chi connectivity index (χ3v) is 2.26. The molecule has 0 radical (unpaired) electrons. The van der Waals surface area contributed by atoms with Crippen LogP contribution in [0.1, 0.15) is 11.6 Å². The van der Waals surface area contributed by atoms with Gasteiger partial charge in [0.25, 0.3) is 0 Å². The molecule has 0 unspecified atom stereocenters. The highest BCUT2D eigenvalue weighted by Gasteiger charge is 2.19. The van der Waals surface area contributed by atoms with E-state index in [1.807, 2.05) is 0 Å². The summed E-state index contributed by atoms with van der Waals surface area (Å²) in [5, 5.41) is 9.18. The number of hydrogen-bond donors (Lipinski definition) is 3. The van der Waals surface area contributed by atoms with Gasteiger partial charge in [-0.15, -0.1) is 0 Å². The van der Waals surface area contributed by atoms with Gasteiger partial charge < -0.3 is 16.6 Å². The zero-order valence-electron chi connectivity index (χ0n) is 7.00. The second kappa shape index (κ2) is 4.04. The van der Waals surface area contributed by atoms with Crippen molar-refractivity contribution >= 4 is 34.9 Å². The van der Waals surface area contributed by atoms with Crippen LogP contribution in [0.25, 0.3) is 0 Å². The van der Waals surface area contributed by atoms with E-state index in [4.69, 9.17) is 39.8 Å². The summed E-state index contributed by atoms with van der Waals surface area (Å²) in [6.07, 6.45) is 0. The van der Waals surface area contributed by atoms with Gasteiger partial charge in [-0.3, -0.25) is 4.79 Å². The van der Waals surface area contributed by atoms with Gasteiger partial charge in [-0.05, 0) is 12.1 Å². The summed E-state index contributed by atoms with van der Waals surface area (Å²) in [4.78, 5) is 10.6. The Balaban J connectivity index is 3.26. The number of anilines is 1. The van der Waals surface area contributed by atoms with E-state index in [1.54, 1.807) is 0 Å². The molecule has 0 heterocycles. The fourth-order valence-corrected chi connectivity index (χ4v) is 1.50. The molecular weight excluding hydrogens is 227 g/mol. The van der Waals surface area contributed by atoms with E-state index in [2.05, 4.69) is 0 Å². The van der Waals surface area contributed by atoms with Crippen molar-refractivity contribution in [3.05, 3.63) is 27.7 Å². The molecule has 0 saturated carbocycles. The molecule has 0 aromatic heterocycles. The fourth-order valence-electron chi connectivity index (χ4n) is 0.995. The van der Waals surface area contributed by atoms with Crippen LogP contribution in [0, 0.1) is 0 Å². The molecular formula is C8H8Cl2N2O2. The Hall–Kier alpha value is -0.970. The van der Waals surface area contributed by atoms with Crippen LogP contribution < -0.4 is 11.5 Å². The Kier molecular flexibility index (Phi) is 3.21. The SMILES string of the molecule is Nc1c(Cl)cc(Cl)cc1[C@@H](N)C(=O)O. The van der Waals surface area contributed by atoms with Crippen LogP contribution in [-0.2, 0) is 4.79 Å². The van der Waals surface area contributed by atoms with Crippen LogP contribution in [0.4, 0.5) is 5.69 Å². The summed E-state index contributed by atoms with van der Waals surface area (Å²) < 4.78 is 0. The van der Waals surface area contributed by atoms with Crippen LogP contribution in [-0.4, -0.2) is 11.1 Å². The van der Waals surface area contributed by atoms with Crippen molar-refractivity contribution in [3.8, 4) is 0 Å². The lowest BCUT2D eigenvalue weighted by atomic mass is 10.1. The minimum absolute atomic E-state index is 0.144. The number of nitrogens with two attached hydrogens (primary N) is 2. The number of nitrogen functional groups attached to an aromatic ring is 1. The van der Waals surface area contributed by atoms with Gasteiger partial charge in [0.05, 0.1) is 10.7 Å². The molecule has 0 spiro atoms. The highest BCUT2D eigenvalue weighted by Crippen LogP contribution is 2.30. The molecule has 0 aliphatic heterocycles. The zero-order chi connectivity index (χ0) is 10.9. The molecule has 4 nitrogen and oxygen atoms in total. The van der Waals surface area contributed by atoms with E-state index in [0.717, 1.165) is 0 Å². The molecule has 0 amide bonds. The molecule has 1 aromatic carbocycles. The first kappa shape index (κ1) is 11.1. The largest absolute Gasteiger partial charge is 0.480 e. The molecule has 76 valence electrons. The molecule has 0 aliphatic rings. The van der Waals surface area contributed by atoms with Gasteiger partial charge in [0.2, 0.25) is 0 Å². The van der Waals surface area contributed by atoms with Gasteiger partial charge in [-0.2, -0.15) is 0 Å². The number of aliphatic carboxylic acids is 1. The summed E-state index contributed by atoms with van der Waals surface area (Å²) >= 11 is 11.4. The van der Waals surface area contributed by atoms with Crippen LogP contribution in [0.2, 0.25) is 10.0 Å². The van der Waals surface area contributed by atoms with Crippen LogP contribution >= 0.6 is 23.2 Å². The maximum absolute atomic E-state index is 10.6. The number of benzene rings is 1. The molecule has 0 bridgehead atoms. The Morgan fingerprint density at radius 3 is 2.50 bits per heavy atom. The van der Waals surface area contributed by atoms with Crippen molar-refractivity contribution in [1.82, 2.24) is 0 Å². The van der Waals surface area contributed by atoms with Gasteiger partial charge in [0, 0.05) is 10.6 Å². The number of carboxylic acids is 1. The maximum atomic E-state index is 10.6. The Morgan fingerprint density at radius 2 is 2.00 bits per heavy atom. The summed E-state index contributed by atoms with van der Waals surface area (Å²) in [5.74, 6) is -1.19. The molecule has 1 aromatic rings. The molecule has 6 heteroatoms. The summed E-state index contributed by atoms with van der Waals surface area (Å²) in [6.45, 7) is 0. The molecule has 0 saturated heterocycles. The van der Waals surface area contributed by atoms with Crippen molar-refractivity contribution < 1.29 is 9.90 Å². The third kappa shape index (κ3) is 2.09. The predicted octanol–water partition coefficient (Wildman–Crippen LogP) is 1.66. The Bertz CT molecular complexity index is 382. The number of carbonyl (C=O) groups is 1. The van der Waals surface area contributed by atoms with E-state index < -0.39 is 12.0 Å². The van der Waals surface area contributed by atoms with Crippen LogP contribution in [0.5, 0.6) is 0 Å². The molecule has 0 aliphatic carbocycles. The average Bonchev–Trinajstić information content (AvgIpc) is 2.09. The van der Waals surface area contributed by atoms with E-state index in [-0.39, 0.29) is 16.3 Å². The van der Waals surface area contributed by atoms with E-state index in [0.29, 0.717) is 5.02 Å². The molecule has 5 N–H and O–H groups in total. The van der Waals surface area contributed by atoms with Crippen LogP contribution in [0.15, 0.2) is 12.1 Å². The lowest BCUT2D eigenvalue weighted by Crippen LogP contribution is -2.22. The van der Waals surface area contributed by atoms with E-state index >= 15 is 0 Å². The van der Waals surface area contributed by atoms with Crippen LogP contribution in [0.3, 0.4) is 0 Å². The summed E-state index contributed by atoms with van der Waals surface area (Å²) in [5.41, 5.74) is 11.3. The topological polar surface area (TPSA) is 89.3 Å². The first-order valence-corrected chi connectivity index (χ1v) is 4.42. The fraction of sp³-hybridized carbons (Fsp3) is 0.125. The average molecular weight is 235 g/mol. The quantitative estimate of drug-likeness (QED) is 0.680. The lowest BCUT2D eigenvalue weighted by Gasteiger charge is -2.11. The van der Waals surface area contributed by atoms with Crippen molar-refractivity contribution in [2.45, 2.75) is 6.04 Å².